The standard InChI is InChI=1S/C12H16N2O2/c1-8-6-9(7-12(15)16-8)14-11-5-3-2-4-10(11)13/h2-5,8-9,14H,6-7,13H2,1H3. The van der Waals surface area contributed by atoms with Gasteiger partial charge in [0.25, 0.3) is 0 Å². The lowest BCUT2D eigenvalue weighted by molar-refractivity contribution is -0.152. The molecule has 1 heterocycles. The Morgan fingerprint density at radius 2 is 2.19 bits per heavy atom. The SMILES string of the molecule is CC1CC(Nc2ccccc2N)CC(=O)O1. The van der Waals surface area contributed by atoms with Crippen LogP contribution in [-0.2, 0) is 9.53 Å². The van der Waals surface area contributed by atoms with Crippen LogP contribution in [0.25, 0.3) is 0 Å². The molecule has 3 N–H and O–H groups in total. The summed E-state index contributed by atoms with van der Waals surface area (Å²) in [5.74, 6) is -0.147. The van der Waals surface area contributed by atoms with Crippen LogP contribution in [0.2, 0.25) is 0 Å². The Kier molecular flexibility index (Phi) is 2.99. The second-order valence-corrected chi connectivity index (χ2v) is 4.17. The van der Waals surface area contributed by atoms with E-state index in [0.29, 0.717) is 12.1 Å². The molecule has 1 aromatic carbocycles. The van der Waals surface area contributed by atoms with Crippen molar-refractivity contribution in [1.82, 2.24) is 0 Å². The van der Waals surface area contributed by atoms with Crippen LogP contribution in [0.15, 0.2) is 24.3 Å². The topological polar surface area (TPSA) is 64.3 Å². The molecule has 0 bridgehead atoms. The minimum atomic E-state index is -0.147. The number of nitrogens with two attached hydrogens (primary N) is 1. The van der Waals surface area contributed by atoms with Crippen molar-refractivity contribution < 1.29 is 9.53 Å². The summed E-state index contributed by atoms with van der Waals surface area (Å²) in [6.45, 7) is 1.90. The van der Waals surface area contributed by atoms with Gasteiger partial charge in [-0.3, -0.25) is 4.79 Å². The highest BCUT2D eigenvalue weighted by molar-refractivity contribution is 5.73. The Bertz CT molecular complexity index is 392. The summed E-state index contributed by atoms with van der Waals surface area (Å²) in [6, 6.07) is 7.68. The van der Waals surface area contributed by atoms with Crippen molar-refractivity contribution in [2.75, 3.05) is 11.1 Å². The molecule has 0 amide bonds. The van der Waals surface area contributed by atoms with Gasteiger partial charge in [-0.05, 0) is 19.1 Å². The van der Waals surface area contributed by atoms with E-state index in [9.17, 15) is 4.79 Å². The third-order valence-electron chi connectivity index (χ3n) is 2.68. The fraction of sp³-hybridized carbons (Fsp3) is 0.417. The van der Waals surface area contributed by atoms with Crippen molar-refractivity contribution in [3.63, 3.8) is 0 Å². The van der Waals surface area contributed by atoms with E-state index in [2.05, 4.69) is 5.32 Å². The largest absolute Gasteiger partial charge is 0.463 e. The number of carbonyl (C=O) groups excluding carboxylic acids is 1. The molecule has 2 rings (SSSR count). The summed E-state index contributed by atoms with van der Waals surface area (Å²) in [7, 11) is 0. The molecule has 1 saturated heterocycles. The van der Waals surface area contributed by atoms with Crippen LogP contribution in [0.4, 0.5) is 11.4 Å². The Balaban J connectivity index is 2.04. The highest BCUT2D eigenvalue weighted by atomic mass is 16.5. The number of benzene rings is 1. The molecule has 2 unspecified atom stereocenters. The third-order valence-corrected chi connectivity index (χ3v) is 2.68. The first-order chi connectivity index (χ1) is 7.65. The van der Waals surface area contributed by atoms with Crippen molar-refractivity contribution in [3.05, 3.63) is 24.3 Å². The lowest BCUT2D eigenvalue weighted by atomic mass is 10.0. The summed E-state index contributed by atoms with van der Waals surface area (Å²) in [5, 5.41) is 3.28. The molecule has 0 saturated carbocycles. The fourth-order valence-electron chi connectivity index (χ4n) is 1.96. The first-order valence-electron chi connectivity index (χ1n) is 5.45. The van der Waals surface area contributed by atoms with Gasteiger partial charge in [0.2, 0.25) is 0 Å². The quantitative estimate of drug-likeness (QED) is 0.589. The first kappa shape index (κ1) is 10.8. The predicted octanol–water partition coefficient (Wildman–Crippen LogP) is 1.77. The number of hydrogen-bond acceptors (Lipinski definition) is 4. The van der Waals surface area contributed by atoms with Crippen LogP contribution in [0.3, 0.4) is 0 Å². The number of rotatable bonds is 2. The first-order valence-corrected chi connectivity index (χ1v) is 5.45. The summed E-state index contributed by atoms with van der Waals surface area (Å²) in [6.07, 6.45) is 1.20. The zero-order chi connectivity index (χ0) is 11.5. The number of para-hydroxylation sites is 2. The molecule has 0 aromatic heterocycles. The number of nitrogens with one attached hydrogen (secondary N) is 1. The molecule has 1 aromatic rings. The fourth-order valence-corrected chi connectivity index (χ4v) is 1.96. The Morgan fingerprint density at radius 3 is 2.88 bits per heavy atom. The Morgan fingerprint density at radius 1 is 1.44 bits per heavy atom. The summed E-state index contributed by atoms with van der Waals surface area (Å²) in [4.78, 5) is 11.3. The average molecular weight is 220 g/mol. The number of carbonyl (C=O) groups is 1. The molecule has 16 heavy (non-hydrogen) atoms. The van der Waals surface area contributed by atoms with Crippen LogP contribution in [0.1, 0.15) is 19.8 Å². The smallest absolute Gasteiger partial charge is 0.308 e. The van der Waals surface area contributed by atoms with Crippen molar-refractivity contribution in [2.45, 2.75) is 31.9 Å². The number of ether oxygens (including phenoxy) is 1. The van der Waals surface area contributed by atoms with Crippen LogP contribution in [0, 0.1) is 0 Å². The maximum Gasteiger partial charge on any atom is 0.308 e. The second-order valence-electron chi connectivity index (χ2n) is 4.17. The van der Waals surface area contributed by atoms with Gasteiger partial charge >= 0.3 is 5.97 Å². The Labute approximate surface area is 94.8 Å². The molecule has 1 fully saturated rings. The van der Waals surface area contributed by atoms with E-state index >= 15 is 0 Å². The summed E-state index contributed by atoms with van der Waals surface area (Å²) >= 11 is 0. The predicted molar refractivity (Wildman–Crippen MR) is 63.1 cm³/mol. The zero-order valence-corrected chi connectivity index (χ0v) is 9.27. The average Bonchev–Trinajstić information content (AvgIpc) is 2.20. The van der Waals surface area contributed by atoms with Crippen molar-refractivity contribution >= 4 is 17.3 Å². The molecule has 2 atom stereocenters. The number of hydrogen-bond donors (Lipinski definition) is 2. The van der Waals surface area contributed by atoms with Crippen LogP contribution in [0.5, 0.6) is 0 Å². The molecular weight excluding hydrogens is 204 g/mol. The lowest BCUT2D eigenvalue weighted by Crippen LogP contribution is -2.35. The third kappa shape index (κ3) is 2.45. The van der Waals surface area contributed by atoms with E-state index < -0.39 is 0 Å². The minimum absolute atomic E-state index is 0.0244. The summed E-state index contributed by atoms with van der Waals surface area (Å²) < 4.78 is 5.07. The van der Waals surface area contributed by atoms with Gasteiger partial charge in [0, 0.05) is 12.5 Å². The van der Waals surface area contributed by atoms with E-state index in [1.807, 2.05) is 31.2 Å². The van der Waals surface area contributed by atoms with Gasteiger partial charge in [0.15, 0.2) is 0 Å². The molecular formula is C12H16N2O2. The van der Waals surface area contributed by atoms with Gasteiger partial charge < -0.3 is 15.8 Å². The highest BCUT2D eigenvalue weighted by Gasteiger charge is 2.25. The normalized spacial score (nSPS) is 24.9. The number of cyclic esters (lactones) is 1. The number of esters is 1. The van der Waals surface area contributed by atoms with Crippen LogP contribution < -0.4 is 11.1 Å². The van der Waals surface area contributed by atoms with Crippen LogP contribution in [-0.4, -0.2) is 18.1 Å². The molecule has 0 radical (unpaired) electrons. The maximum atomic E-state index is 11.3. The maximum absolute atomic E-state index is 11.3. The van der Waals surface area contributed by atoms with E-state index in [4.69, 9.17) is 10.5 Å². The number of nitrogen functional groups attached to an aromatic ring is 1. The van der Waals surface area contributed by atoms with Crippen molar-refractivity contribution in [1.29, 1.82) is 0 Å². The molecule has 0 aliphatic carbocycles. The lowest BCUT2D eigenvalue weighted by Gasteiger charge is -2.28. The molecule has 1 aliphatic heterocycles. The Hall–Kier alpha value is -1.71. The van der Waals surface area contributed by atoms with Gasteiger partial charge in [-0.15, -0.1) is 0 Å². The van der Waals surface area contributed by atoms with Gasteiger partial charge in [0.05, 0.1) is 17.8 Å². The van der Waals surface area contributed by atoms with Gasteiger partial charge in [-0.25, -0.2) is 0 Å². The molecule has 0 spiro atoms. The van der Waals surface area contributed by atoms with E-state index in [1.165, 1.54) is 0 Å². The van der Waals surface area contributed by atoms with E-state index in [1.54, 1.807) is 0 Å². The molecule has 4 nitrogen and oxygen atoms in total. The highest BCUT2D eigenvalue weighted by Crippen LogP contribution is 2.23. The van der Waals surface area contributed by atoms with Gasteiger partial charge in [-0.1, -0.05) is 12.1 Å². The van der Waals surface area contributed by atoms with E-state index in [0.717, 1.165) is 12.1 Å². The van der Waals surface area contributed by atoms with Crippen molar-refractivity contribution in [3.8, 4) is 0 Å². The monoisotopic (exact) mass is 220 g/mol. The molecule has 86 valence electrons. The molecule has 1 aliphatic rings. The molecule has 4 heteroatoms. The number of anilines is 2. The van der Waals surface area contributed by atoms with Gasteiger partial charge in [-0.2, -0.15) is 0 Å². The second kappa shape index (κ2) is 4.43. The minimum Gasteiger partial charge on any atom is -0.463 e. The van der Waals surface area contributed by atoms with Crippen LogP contribution >= 0.6 is 0 Å². The van der Waals surface area contributed by atoms with E-state index in [-0.39, 0.29) is 18.1 Å². The van der Waals surface area contributed by atoms with Crippen molar-refractivity contribution in [2.24, 2.45) is 0 Å². The van der Waals surface area contributed by atoms with Gasteiger partial charge in [0.1, 0.15) is 6.10 Å². The summed E-state index contributed by atoms with van der Waals surface area (Å²) in [5.41, 5.74) is 7.41. The zero-order valence-electron chi connectivity index (χ0n) is 9.27.